The number of halogens is 2. The Morgan fingerprint density at radius 2 is 1.60 bits per heavy atom. The van der Waals surface area contributed by atoms with Crippen LogP contribution in [0.15, 0.2) is 18.2 Å². The van der Waals surface area contributed by atoms with Crippen molar-refractivity contribution in [3.63, 3.8) is 0 Å². The number of piperidine rings is 2. The van der Waals surface area contributed by atoms with Gasteiger partial charge in [-0.1, -0.05) is 6.42 Å². The Morgan fingerprint density at radius 1 is 0.960 bits per heavy atom. The molecule has 3 rings (SSSR count). The van der Waals surface area contributed by atoms with Crippen molar-refractivity contribution in [3.8, 4) is 0 Å². The van der Waals surface area contributed by atoms with Crippen LogP contribution in [0.3, 0.4) is 0 Å². The second-order valence-corrected chi connectivity index (χ2v) is 6.86. The van der Waals surface area contributed by atoms with E-state index in [4.69, 9.17) is 5.73 Å². The van der Waals surface area contributed by atoms with E-state index < -0.39 is 17.2 Å². The maximum absolute atomic E-state index is 13.4. The number of carbonyl (C=O) groups is 2. The fraction of sp³-hybridized carbons (Fsp3) is 0.556. The van der Waals surface area contributed by atoms with Crippen molar-refractivity contribution in [2.24, 2.45) is 5.73 Å². The lowest BCUT2D eigenvalue weighted by Gasteiger charge is -2.48. The van der Waals surface area contributed by atoms with E-state index in [1.54, 1.807) is 4.90 Å². The quantitative estimate of drug-likeness (QED) is 0.905. The van der Waals surface area contributed by atoms with E-state index >= 15 is 0 Å². The van der Waals surface area contributed by atoms with Gasteiger partial charge in [0, 0.05) is 18.7 Å². The summed E-state index contributed by atoms with van der Waals surface area (Å²) in [5, 5.41) is 0. The molecule has 0 aliphatic carbocycles. The average Bonchev–Trinajstić information content (AvgIpc) is 2.64. The average molecular weight is 351 g/mol. The molecular formula is C18H23F2N3O2. The third-order valence-electron chi connectivity index (χ3n) is 5.46. The minimum absolute atomic E-state index is 0.114. The highest BCUT2D eigenvalue weighted by atomic mass is 19.2. The van der Waals surface area contributed by atoms with E-state index in [1.807, 2.05) is 0 Å². The first-order chi connectivity index (χ1) is 11.9. The van der Waals surface area contributed by atoms with Gasteiger partial charge in [0.15, 0.2) is 11.6 Å². The monoisotopic (exact) mass is 351 g/mol. The molecule has 2 amide bonds. The normalized spacial score (nSPS) is 21.1. The van der Waals surface area contributed by atoms with Crippen LogP contribution >= 0.6 is 0 Å². The van der Waals surface area contributed by atoms with Crippen molar-refractivity contribution in [3.05, 3.63) is 35.4 Å². The molecule has 0 bridgehead atoms. The van der Waals surface area contributed by atoms with Gasteiger partial charge in [0.1, 0.15) is 5.54 Å². The number of nitrogens with zero attached hydrogens (tertiary/aromatic N) is 2. The maximum Gasteiger partial charge on any atom is 0.253 e. The van der Waals surface area contributed by atoms with Crippen molar-refractivity contribution >= 4 is 11.8 Å². The Hall–Kier alpha value is -2.02. The second-order valence-electron chi connectivity index (χ2n) is 6.86. The molecule has 2 saturated heterocycles. The Kier molecular flexibility index (Phi) is 5.03. The highest BCUT2D eigenvalue weighted by Crippen LogP contribution is 2.32. The van der Waals surface area contributed by atoms with Gasteiger partial charge < -0.3 is 10.6 Å². The van der Waals surface area contributed by atoms with Gasteiger partial charge in [-0.3, -0.25) is 14.5 Å². The SMILES string of the molecule is NC(=O)C1(N2CCCCC2)CCN(C(=O)c2ccc(F)c(F)c2)CC1. The number of likely N-dealkylation sites (tertiary alicyclic amines) is 2. The smallest absolute Gasteiger partial charge is 0.253 e. The van der Waals surface area contributed by atoms with Gasteiger partial charge in [-0.25, -0.2) is 8.78 Å². The predicted molar refractivity (Wildman–Crippen MR) is 88.8 cm³/mol. The first-order valence-electron chi connectivity index (χ1n) is 8.73. The molecule has 0 aromatic heterocycles. The van der Waals surface area contributed by atoms with Gasteiger partial charge in [0.25, 0.3) is 5.91 Å². The highest BCUT2D eigenvalue weighted by molar-refractivity contribution is 5.94. The fourth-order valence-corrected chi connectivity index (χ4v) is 3.93. The lowest BCUT2D eigenvalue weighted by molar-refractivity contribution is -0.134. The van der Waals surface area contributed by atoms with Crippen molar-refractivity contribution in [2.45, 2.75) is 37.6 Å². The van der Waals surface area contributed by atoms with Crippen LogP contribution in [0.5, 0.6) is 0 Å². The van der Waals surface area contributed by atoms with Gasteiger partial charge >= 0.3 is 0 Å². The van der Waals surface area contributed by atoms with Gasteiger partial charge in [0.05, 0.1) is 0 Å². The molecular weight excluding hydrogens is 328 g/mol. The molecule has 1 aromatic carbocycles. The number of nitrogens with two attached hydrogens (primary N) is 1. The van der Waals surface area contributed by atoms with Gasteiger partial charge in [-0.05, 0) is 57.0 Å². The van der Waals surface area contributed by atoms with Crippen molar-refractivity contribution in [1.29, 1.82) is 0 Å². The molecule has 0 radical (unpaired) electrons. The van der Waals surface area contributed by atoms with E-state index in [9.17, 15) is 18.4 Å². The first kappa shape index (κ1) is 17.8. The van der Waals surface area contributed by atoms with Crippen molar-refractivity contribution in [1.82, 2.24) is 9.80 Å². The molecule has 2 heterocycles. The summed E-state index contributed by atoms with van der Waals surface area (Å²) in [6.45, 7) is 2.44. The summed E-state index contributed by atoms with van der Waals surface area (Å²) < 4.78 is 26.4. The Labute approximate surface area is 145 Å². The molecule has 0 unspecified atom stereocenters. The van der Waals surface area contributed by atoms with Crippen LogP contribution < -0.4 is 5.73 Å². The minimum Gasteiger partial charge on any atom is -0.368 e. The minimum atomic E-state index is -1.04. The van der Waals surface area contributed by atoms with Crippen LogP contribution in [-0.2, 0) is 4.79 Å². The molecule has 1 aromatic rings. The number of amides is 2. The Balaban J connectivity index is 1.71. The molecule has 25 heavy (non-hydrogen) atoms. The summed E-state index contributed by atoms with van der Waals surface area (Å²) in [7, 11) is 0. The highest BCUT2D eigenvalue weighted by Gasteiger charge is 2.45. The second kappa shape index (κ2) is 7.07. The van der Waals surface area contributed by atoms with E-state index in [-0.39, 0.29) is 17.4 Å². The molecule has 7 heteroatoms. The molecule has 0 saturated carbocycles. The number of rotatable bonds is 3. The summed E-state index contributed by atoms with van der Waals surface area (Å²) >= 11 is 0. The number of benzene rings is 1. The summed E-state index contributed by atoms with van der Waals surface area (Å²) in [4.78, 5) is 28.5. The molecule has 2 fully saturated rings. The molecule has 5 nitrogen and oxygen atoms in total. The van der Waals surface area contributed by atoms with E-state index in [0.717, 1.165) is 44.5 Å². The van der Waals surface area contributed by atoms with E-state index in [1.165, 1.54) is 6.07 Å². The molecule has 2 aliphatic heterocycles. The lowest BCUT2D eigenvalue weighted by atomic mass is 9.83. The first-order valence-corrected chi connectivity index (χ1v) is 8.73. The van der Waals surface area contributed by atoms with Crippen molar-refractivity contribution < 1.29 is 18.4 Å². The largest absolute Gasteiger partial charge is 0.368 e. The van der Waals surface area contributed by atoms with Crippen molar-refractivity contribution in [2.75, 3.05) is 26.2 Å². The molecule has 0 spiro atoms. The zero-order valence-corrected chi connectivity index (χ0v) is 14.1. The number of hydrogen-bond acceptors (Lipinski definition) is 3. The predicted octanol–water partition coefficient (Wildman–Crippen LogP) is 1.91. The van der Waals surface area contributed by atoms with Gasteiger partial charge in [-0.15, -0.1) is 0 Å². The molecule has 0 atom stereocenters. The molecule has 2 aliphatic rings. The number of hydrogen-bond donors (Lipinski definition) is 1. The molecule has 2 N–H and O–H groups in total. The third kappa shape index (κ3) is 3.38. The summed E-state index contributed by atoms with van der Waals surface area (Å²) in [6.07, 6.45) is 4.20. The van der Waals surface area contributed by atoms with Crippen LogP contribution in [0, 0.1) is 11.6 Å². The topological polar surface area (TPSA) is 66.6 Å². The summed E-state index contributed by atoms with van der Waals surface area (Å²) in [6, 6.07) is 3.15. The third-order valence-corrected chi connectivity index (χ3v) is 5.46. The fourth-order valence-electron chi connectivity index (χ4n) is 3.93. The van der Waals surface area contributed by atoms with Crippen LogP contribution in [0.2, 0.25) is 0 Å². The van der Waals surface area contributed by atoms with Gasteiger partial charge in [-0.2, -0.15) is 0 Å². The molecule has 136 valence electrons. The van der Waals surface area contributed by atoms with Gasteiger partial charge in [0.2, 0.25) is 5.91 Å². The maximum atomic E-state index is 13.4. The summed E-state index contributed by atoms with van der Waals surface area (Å²) in [5.41, 5.74) is 5.14. The van der Waals surface area contributed by atoms with E-state index in [0.29, 0.717) is 25.9 Å². The van der Waals surface area contributed by atoms with Crippen LogP contribution in [0.1, 0.15) is 42.5 Å². The van der Waals surface area contributed by atoms with Crippen LogP contribution in [-0.4, -0.2) is 53.3 Å². The standard InChI is InChI=1S/C18H23F2N3O2/c19-14-5-4-13(12-15(14)20)16(24)22-10-6-18(7-11-22,17(21)25)23-8-2-1-3-9-23/h4-5,12H,1-3,6-11H2,(H2,21,25). The van der Waals surface area contributed by atoms with Crippen LogP contribution in [0.25, 0.3) is 0 Å². The zero-order chi connectivity index (χ0) is 18.0. The van der Waals surface area contributed by atoms with E-state index in [2.05, 4.69) is 4.90 Å². The number of primary amides is 1. The Morgan fingerprint density at radius 3 is 2.16 bits per heavy atom. The Bertz CT molecular complexity index is 666. The summed E-state index contributed by atoms with van der Waals surface area (Å²) in [5.74, 6) is -2.71. The lowest BCUT2D eigenvalue weighted by Crippen LogP contribution is -2.63. The zero-order valence-electron chi connectivity index (χ0n) is 14.1. The number of carbonyl (C=O) groups excluding carboxylic acids is 2. The van der Waals surface area contributed by atoms with Crippen LogP contribution in [0.4, 0.5) is 8.78 Å².